The Balaban J connectivity index is 1.40. The summed E-state index contributed by atoms with van der Waals surface area (Å²) < 4.78 is 5.78. The number of nitrogens with one attached hydrogen (secondary N) is 1. The zero-order valence-electron chi connectivity index (χ0n) is 21.8. The van der Waals surface area contributed by atoms with Crippen LogP contribution in [0.4, 0.5) is 5.69 Å². The third-order valence-corrected chi connectivity index (χ3v) is 6.92. The molecule has 2 aromatic carbocycles. The fourth-order valence-electron chi connectivity index (χ4n) is 4.91. The van der Waals surface area contributed by atoms with Crippen LogP contribution in [0.2, 0.25) is 0 Å². The molecule has 3 N–H and O–H groups in total. The summed E-state index contributed by atoms with van der Waals surface area (Å²) in [4.78, 5) is 31.8. The fourth-order valence-corrected chi connectivity index (χ4v) is 4.91. The van der Waals surface area contributed by atoms with E-state index in [2.05, 4.69) is 20.0 Å². The topological polar surface area (TPSA) is 95.1 Å². The van der Waals surface area contributed by atoms with Gasteiger partial charge in [0.25, 0.3) is 0 Å². The monoisotopic (exact) mass is 505 g/mol. The van der Waals surface area contributed by atoms with E-state index < -0.39 is 0 Å². The predicted octanol–water partition coefficient (Wildman–Crippen LogP) is 3.11. The molecule has 8 nitrogen and oxygen atoms in total. The number of nitrogens with two attached hydrogens (primary N) is 1. The number of piperazine rings is 1. The normalized spacial score (nSPS) is 14.9. The lowest BCUT2D eigenvalue weighted by molar-refractivity contribution is -0.114. The van der Waals surface area contributed by atoms with Crippen molar-refractivity contribution in [1.82, 2.24) is 14.7 Å². The summed E-state index contributed by atoms with van der Waals surface area (Å²) in [6.07, 6.45) is 3.69. The molecule has 1 aliphatic heterocycles. The van der Waals surface area contributed by atoms with Crippen LogP contribution in [0.1, 0.15) is 30.9 Å². The van der Waals surface area contributed by atoms with E-state index in [1.165, 1.54) is 6.92 Å². The molecule has 1 fully saturated rings. The Morgan fingerprint density at radius 1 is 0.973 bits per heavy atom. The highest BCUT2D eigenvalue weighted by molar-refractivity contribution is 5.88. The summed E-state index contributed by atoms with van der Waals surface area (Å²) in [6, 6.07) is 15.3. The van der Waals surface area contributed by atoms with E-state index in [-0.39, 0.29) is 11.3 Å². The minimum absolute atomic E-state index is 0.0291. The first-order chi connectivity index (χ1) is 18.0. The van der Waals surface area contributed by atoms with E-state index in [0.29, 0.717) is 29.6 Å². The van der Waals surface area contributed by atoms with Gasteiger partial charge >= 0.3 is 0 Å². The van der Waals surface area contributed by atoms with Crippen molar-refractivity contribution in [3.63, 3.8) is 0 Å². The van der Waals surface area contributed by atoms with Gasteiger partial charge in [0.2, 0.25) is 5.91 Å². The summed E-state index contributed by atoms with van der Waals surface area (Å²) in [5.41, 5.74) is 8.88. The quantitative estimate of drug-likeness (QED) is 0.391. The van der Waals surface area contributed by atoms with Gasteiger partial charge in [-0.2, -0.15) is 0 Å². The van der Waals surface area contributed by atoms with Crippen molar-refractivity contribution >= 4 is 22.6 Å². The number of hydrogen-bond donors (Lipinski definition) is 2. The molecule has 1 aromatic heterocycles. The lowest BCUT2D eigenvalue weighted by atomic mass is 10.1. The average Bonchev–Trinajstić information content (AvgIpc) is 2.90. The molecule has 0 saturated carbocycles. The smallest absolute Gasteiger partial charge is 0.221 e. The van der Waals surface area contributed by atoms with Crippen LogP contribution in [0.25, 0.3) is 11.0 Å². The molecular weight excluding hydrogens is 466 g/mol. The van der Waals surface area contributed by atoms with Crippen molar-refractivity contribution in [3.8, 4) is 0 Å². The Hall–Kier alpha value is -3.04. The molecule has 198 valence electrons. The van der Waals surface area contributed by atoms with Crippen molar-refractivity contribution in [2.45, 2.75) is 32.9 Å². The zero-order chi connectivity index (χ0) is 26.0. The molecule has 4 rings (SSSR count). The first-order valence-corrected chi connectivity index (χ1v) is 13.2. The van der Waals surface area contributed by atoms with E-state index in [4.69, 9.17) is 10.2 Å². The molecule has 0 unspecified atom stereocenters. The van der Waals surface area contributed by atoms with Gasteiger partial charge in [0.05, 0.1) is 11.6 Å². The van der Waals surface area contributed by atoms with Gasteiger partial charge in [-0.25, -0.2) is 0 Å². The molecule has 2 heterocycles. The van der Waals surface area contributed by atoms with Gasteiger partial charge in [0, 0.05) is 64.0 Å². The van der Waals surface area contributed by atoms with Crippen molar-refractivity contribution in [2.75, 3.05) is 57.7 Å². The number of carbonyl (C=O) groups excluding carboxylic acids is 1. The third-order valence-electron chi connectivity index (χ3n) is 6.92. The summed E-state index contributed by atoms with van der Waals surface area (Å²) in [5, 5.41) is 3.43. The van der Waals surface area contributed by atoms with Gasteiger partial charge in [-0.3, -0.25) is 14.5 Å². The Morgan fingerprint density at radius 3 is 2.32 bits per heavy atom. The second-order valence-electron chi connectivity index (χ2n) is 9.85. The van der Waals surface area contributed by atoms with E-state index in [0.717, 1.165) is 76.5 Å². The van der Waals surface area contributed by atoms with E-state index >= 15 is 0 Å². The van der Waals surface area contributed by atoms with Gasteiger partial charge in [0.15, 0.2) is 5.43 Å². The zero-order valence-corrected chi connectivity index (χ0v) is 21.8. The van der Waals surface area contributed by atoms with Crippen molar-refractivity contribution < 1.29 is 9.21 Å². The largest absolute Gasteiger partial charge is 0.464 e. The summed E-state index contributed by atoms with van der Waals surface area (Å²) in [7, 11) is 0. The lowest BCUT2D eigenvalue weighted by Crippen LogP contribution is -2.47. The lowest BCUT2D eigenvalue weighted by Gasteiger charge is -2.35. The standard InChI is InChI=1S/C29H39N5O3/c1-23(35)31-26-10-8-24(9-11-26)20-34(15-5-14-33-18-16-32(17-19-33)13-4-12-30)21-25-22-37-28-7-3-2-6-27(28)29(25)36/h2-3,6-11,22H,4-5,12-21,30H2,1H3,(H,31,35). The van der Waals surface area contributed by atoms with Crippen molar-refractivity contribution in [1.29, 1.82) is 0 Å². The van der Waals surface area contributed by atoms with Crippen LogP contribution in [0.3, 0.4) is 0 Å². The first-order valence-electron chi connectivity index (χ1n) is 13.2. The molecule has 0 radical (unpaired) electrons. The minimum Gasteiger partial charge on any atom is -0.464 e. The molecule has 8 heteroatoms. The molecule has 0 spiro atoms. The van der Waals surface area contributed by atoms with E-state index in [1.807, 2.05) is 48.5 Å². The molecule has 0 bridgehead atoms. The van der Waals surface area contributed by atoms with Gasteiger partial charge in [-0.1, -0.05) is 24.3 Å². The number of nitrogens with zero attached hydrogens (tertiary/aromatic N) is 3. The summed E-state index contributed by atoms with van der Waals surface area (Å²) in [6.45, 7) is 10.9. The van der Waals surface area contributed by atoms with Crippen LogP contribution in [-0.4, -0.2) is 73.0 Å². The molecule has 3 aromatic rings. The molecule has 1 saturated heterocycles. The predicted molar refractivity (Wildman–Crippen MR) is 149 cm³/mol. The number of fused-ring (bicyclic) bond motifs is 1. The van der Waals surface area contributed by atoms with E-state index in [1.54, 1.807) is 6.26 Å². The number of anilines is 1. The highest BCUT2D eigenvalue weighted by Gasteiger charge is 2.17. The third kappa shape index (κ3) is 7.97. The number of rotatable bonds is 12. The Morgan fingerprint density at radius 2 is 1.65 bits per heavy atom. The second kappa shape index (κ2) is 13.5. The second-order valence-corrected chi connectivity index (χ2v) is 9.85. The van der Waals surface area contributed by atoms with Crippen LogP contribution in [0.15, 0.2) is 64.0 Å². The van der Waals surface area contributed by atoms with Gasteiger partial charge < -0.3 is 25.3 Å². The highest BCUT2D eigenvalue weighted by Crippen LogP contribution is 2.16. The summed E-state index contributed by atoms with van der Waals surface area (Å²) >= 11 is 0. The Kier molecular flexibility index (Phi) is 9.85. The number of amides is 1. The first kappa shape index (κ1) is 27.0. The van der Waals surface area contributed by atoms with Gasteiger partial charge in [0.1, 0.15) is 5.58 Å². The maximum absolute atomic E-state index is 13.1. The molecule has 1 aliphatic rings. The van der Waals surface area contributed by atoms with Crippen LogP contribution in [-0.2, 0) is 17.9 Å². The molecule has 1 amide bonds. The number of benzene rings is 2. The van der Waals surface area contributed by atoms with Crippen LogP contribution in [0.5, 0.6) is 0 Å². The number of carbonyl (C=O) groups is 1. The highest BCUT2D eigenvalue weighted by atomic mass is 16.3. The molecular formula is C29H39N5O3. The maximum Gasteiger partial charge on any atom is 0.221 e. The van der Waals surface area contributed by atoms with Crippen LogP contribution >= 0.6 is 0 Å². The van der Waals surface area contributed by atoms with Crippen molar-refractivity contribution in [2.24, 2.45) is 5.73 Å². The number of para-hydroxylation sites is 1. The van der Waals surface area contributed by atoms with Crippen LogP contribution in [0, 0.1) is 0 Å². The number of hydrogen-bond acceptors (Lipinski definition) is 7. The average molecular weight is 506 g/mol. The Bertz CT molecular complexity index is 1200. The molecule has 0 atom stereocenters. The SMILES string of the molecule is CC(=O)Nc1ccc(CN(CCCN2CCN(CCCN)CC2)Cc2coc3ccccc3c2=O)cc1. The van der Waals surface area contributed by atoms with Crippen LogP contribution < -0.4 is 16.5 Å². The minimum atomic E-state index is -0.0855. The fraction of sp³-hybridized carbons (Fsp3) is 0.448. The van der Waals surface area contributed by atoms with Gasteiger partial charge in [-0.15, -0.1) is 0 Å². The molecule has 37 heavy (non-hydrogen) atoms. The van der Waals surface area contributed by atoms with E-state index in [9.17, 15) is 9.59 Å². The van der Waals surface area contributed by atoms with Crippen molar-refractivity contribution in [3.05, 3.63) is 76.1 Å². The maximum atomic E-state index is 13.1. The summed E-state index contributed by atoms with van der Waals surface area (Å²) in [5.74, 6) is -0.0855. The van der Waals surface area contributed by atoms with Gasteiger partial charge in [-0.05, 0) is 62.3 Å². The molecule has 0 aliphatic carbocycles. The Labute approximate surface area is 219 Å².